The molecular formula is C26H36OS. The van der Waals surface area contributed by atoms with Crippen LogP contribution >= 0.6 is 11.3 Å². The van der Waals surface area contributed by atoms with Crippen molar-refractivity contribution in [3.63, 3.8) is 0 Å². The predicted molar refractivity (Wildman–Crippen MR) is 114 cm³/mol. The summed E-state index contributed by atoms with van der Waals surface area (Å²) in [6.45, 7) is 2.24. The number of hydrogen-bond acceptors (Lipinski definition) is 2. The molecule has 0 unspecified atom stereocenters. The molecule has 1 heterocycles. The van der Waals surface area contributed by atoms with Gasteiger partial charge in [-0.1, -0.05) is 0 Å². The summed E-state index contributed by atoms with van der Waals surface area (Å²) >= 11 is 1.90. The Bertz CT molecular complexity index is 689. The summed E-state index contributed by atoms with van der Waals surface area (Å²) in [5.74, 6) is 5.46. The van der Waals surface area contributed by atoms with E-state index in [1.807, 2.05) is 11.3 Å². The largest absolute Gasteiger partial charge is 0.383 e. The quantitative estimate of drug-likeness (QED) is 0.604. The Morgan fingerprint density at radius 3 is 1.39 bits per heavy atom. The van der Waals surface area contributed by atoms with Gasteiger partial charge in [0.25, 0.3) is 0 Å². The second kappa shape index (κ2) is 5.47. The van der Waals surface area contributed by atoms with Crippen LogP contribution in [0, 0.1) is 53.3 Å². The minimum absolute atomic E-state index is 0.185. The monoisotopic (exact) mass is 396 g/mol. The summed E-state index contributed by atoms with van der Waals surface area (Å²) in [5.41, 5.74) is 1.19. The average molecular weight is 397 g/mol. The van der Waals surface area contributed by atoms with Crippen LogP contribution in [0.3, 0.4) is 0 Å². The van der Waals surface area contributed by atoms with Crippen molar-refractivity contribution in [3.05, 3.63) is 21.9 Å². The first-order valence-corrected chi connectivity index (χ1v) is 13.1. The highest BCUT2D eigenvalue weighted by Gasteiger charge is 2.70. The number of hydrogen-bond donors (Lipinski definition) is 1. The van der Waals surface area contributed by atoms with E-state index in [1.165, 1.54) is 87.5 Å². The fraction of sp³-hybridized carbons (Fsp3) is 0.846. The van der Waals surface area contributed by atoms with E-state index in [2.05, 4.69) is 18.4 Å². The highest BCUT2D eigenvalue weighted by Crippen LogP contribution is 2.75. The second-order valence-corrected chi connectivity index (χ2v) is 13.5. The molecule has 1 nitrogen and oxygen atoms in total. The molecule has 0 saturated heterocycles. The van der Waals surface area contributed by atoms with Gasteiger partial charge in [0.05, 0.1) is 0 Å². The third-order valence-corrected chi connectivity index (χ3v) is 11.9. The summed E-state index contributed by atoms with van der Waals surface area (Å²) in [4.78, 5) is 1.37. The molecule has 1 aromatic rings. The molecule has 1 aromatic heterocycles. The van der Waals surface area contributed by atoms with Gasteiger partial charge in [-0.15, -0.1) is 11.3 Å². The van der Waals surface area contributed by atoms with Gasteiger partial charge < -0.3 is 5.11 Å². The van der Waals surface area contributed by atoms with Crippen LogP contribution in [0.5, 0.6) is 0 Å². The van der Waals surface area contributed by atoms with E-state index >= 15 is 0 Å². The number of thiophene rings is 1. The van der Waals surface area contributed by atoms with E-state index in [-0.39, 0.29) is 10.8 Å². The molecule has 8 fully saturated rings. The van der Waals surface area contributed by atoms with Crippen molar-refractivity contribution >= 4 is 11.3 Å². The van der Waals surface area contributed by atoms with Crippen LogP contribution in [0.4, 0.5) is 0 Å². The van der Waals surface area contributed by atoms with Crippen LogP contribution in [-0.4, -0.2) is 5.11 Å². The molecule has 9 rings (SSSR count). The van der Waals surface area contributed by atoms with Crippen molar-refractivity contribution in [1.29, 1.82) is 0 Å². The minimum Gasteiger partial charge on any atom is -0.383 e. The standard InChI is InChI=1S/C26H36OS/c1-16-2-23(28-15-16)26(27,24-9-17-3-18(10-24)5-19(4-17)11-24)25-12-20-6-21(13-25)8-22(7-20)14-25/h2,15,17-22,27H,3-14H2,1H3. The van der Waals surface area contributed by atoms with E-state index in [0.717, 1.165) is 35.5 Å². The molecule has 8 aliphatic carbocycles. The highest BCUT2D eigenvalue weighted by molar-refractivity contribution is 7.10. The third-order valence-electron chi connectivity index (χ3n) is 10.7. The van der Waals surface area contributed by atoms with Gasteiger partial charge in [0.2, 0.25) is 0 Å². The van der Waals surface area contributed by atoms with Gasteiger partial charge in [0.1, 0.15) is 5.60 Å². The molecule has 0 aromatic carbocycles. The SMILES string of the molecule is Cc1csc(C(O)(C23CC4CC(CC(C4)C2)C3)C23CC4CC(CC(C4)C2)C3)c1. The predicted octanol–water partition coefficient (Wildman–Crippen LogP) is 6.68. The number of rotatable bonds is 3. The van der Waals surface area contributed by atoms with Crippen molar-refractivity contribution < 1.29 is 5.11 Å². The molecule has 28 heavy (non-hydrogen) atoms. The molecule has 2 heteroatoms. The molecule has 0 spiro atoms. The molecule has 8 aliphatic rings. The van der Waals surface area contributed by atoms with Crippen LogP contribution in [0.15, 0.2) is 11.4 Å². The molecule has 0 radical (unpaired) electrons. The van der Waals surface area contributed by atoms with E-state index in [0.29, 0.717) is 0 Å². The topological polar surface area (TPSA) is 20.2 Å². The summed E-state index contributed by atoms with van der Waals surface area (Å²) < 4.78 is 0. The maximum atomic E-state index is 13.2. The molecule has 0 aliphatic heterocycles. The summed E-state index contributed by atoms with van der Waals surface area (Å²) in [6, 6.07) is 2.40. The van der Waals surface area contributed by atoms with Crippen molar-refractivity contribution in [2.75, 3.05) is 0 Å². The fourth-order valence-electron chi connectivity index (χ4n) is 10.8. The van der Waals surface area contributed by atoms with Crippen molar-refractivity contribution in [3.8, 4) is 0 Å². The van der Waals surface area contributed by atoms with Crippen molar-refractivity contribution in [2.45, 2.75) is 89.6 Å². The lowest BCUT2D eigenvalue weighted by atomic mass is 9.36. The van der Waals surface area contributed by atoms with Gasteiger partial charge in [-0.25, -0.2) is 0 Å². The zero-order valence-electron chi connectivity index (χ0n) is 17.5. The van der Waals surface area contributed by atoms with Crippen LogP contribution in [0.25, 0.3) is 0 Å². The second-order valence-electron chi connectivity index (χ2n) is 12.6. The number of aryl methyl sites for hydroxylation is 1. The first kappa shape index (κ1) is 17.4. The fourth-order valence-corrected chi connectivity index (χ4v) is 12.1. The van der Waals surface area contributed by atoms with Crippen LogP contribution in [0.1, 0.15) is 87.5 Å². The van der Waals surface area contributed by atoms with Crippen molar-refractivity contribution in [1.82, 2.24) is 0 Å². The maximum Gasteiger partial charge on any atom is 0.110 e. The normalized spacial score (nSPS) is 52.9. The van der Waals surface area contributed by atoms with Crippen LogP contribution < -0.4 is 0 Å². The highest BCUT2D eigenvalue weighted by atomic mass is 32.1. The Balaban J connectivity index is 1.42. The Kier molecular flexibility index (Phi) is 3.39. The molecule has 0 atom stereocenters. The maximum absolute atomic E-state index is 13.2. The third kappa shape index (κ3) is 2.08. The van der Waals surface area contributed by atoms with E-state index in [4.69, 9.17) is 0 Å². The Morgan fingerprint density at radius 2 is 1.11 bits per heavy atom. The van der Waals surface area contributed by atoms with Gasteiger partial charge in [-0.3, -0.25) is 0 Å². The van der Waals surface area contributed by atoms with Crippen LogP contribution in [0.2, 0.25) is 0 Å². The molecular weight excluding hydrogens is 360 g/mol. The summed E-state index contributed by atoms with van der Waals surface area (Å²) in [6.07, 6.45) is 16.8. The first-order valence-electron chi connectivity index (χ1n) is 12.2. The Hall–Kier alpha value is -0.340. The van der Waals surface area contributed by atoms with Gasteiger partial charge in [0, 0.05) is 15.7 Å². The van der Waals surface area contributed by atoms with Crippen LogP contribution in [-0.2, 0) is 5.60 Å². The lowest BCUT2D eigenvalue weighted by Gasteiger charge is -2.70. The smallest absolute Gasteiger partial charge is 0.110 e. The molecule has 8 saturated carbocycles. The van der Waals surface area contributed by atoms with Gasteiger partial charge in [-0.05, 0) is 136 Å². The first-order chi connectivity index (χ1) is 13.5. The summed E-state index contributed by atoms with van der Waals surface area (Å²) in [7, 11) is 0. The number of aliphatic hydroxyl groups is 1. The summed E-state index contributed by atoms with van der Waals surface area (Å²) in [5, 5.41) is 15.6. The molecule has 152 valence electrons. The van der Waals surface area contributed by atoms with Gasteiger partial charge >= 0.3 is 0 Å². The van der Waals surface area contributed by atoms with Crippen molar-refractivity contribution in [2.24, 2.45) is 46.3 Å². The van der Waals surface area contributed by atoms with Gasteiger partial charge in [-0.2, -0.15) is 0 Å². The van der Waals surface area contributed by atoms with Gasteiger partial charge in [0.15, 0.2) is 0 Å². The van der Waals surface area contributed by atoms with E-state index in [1.54, 1.807) is 0 Å². The minimum atomic E-state index is -0.551. The Labute approximate surface area is 174 Å². The lowest BCUT2D eigenvalue weighted by Crippen LogP contribution is -2.66. The van der Waals surface area contributed by atoms with E-state index < -0.39 is 5.60 Å². The average Bonchev–Trinajstić information content (AvgIpc) is 3.05. The zero-order chi connectivity index (χ0) is 18.7. The van der Waals surface area contributed by atoms with E-state index in [9.17, 15) is 5.11 Å². The Morgan fingerprint density at radius 1 is 0.750 bits per heavy atom. The molecule has 0 amide bonds. The zero-order valence-corrected chi connectivity index (χ0v) is 18.3. The molecule has 1 N–H and O–H groups in total. The lowest BCUT2D eigenvalue weighted by molar-refractivity contribution is -0.276. The molecule has 8 bridgehead atoms.